The molecule has 4 nitrogen and oxygen atoms in total. The largest absolute Gasteiger partial charge is 0.543 e. The van der Waals surface area contributed by atoms with Gasteiger partial charge in [-0.15, -0.1) is 0 Å². The van der Waals surface area contributed by atoms with Crippen LogP contribution in [0.15, 0.2) is 60.3 Å². The number of ketones is 1. The van der Waals surface area contributed by atoms with Crippen molar-refractivity contribution < 1.29 is 26.6 Å². The van der Waals surface area contributed by atoms with E-state index in [0.29, 0.717) is 0 Å². The molecule has 0 N–H and O–H groups in total. The molecule has 0 amide bonds. The highest BCUT2D eigenvalue weighted by Crippen LogP contribution is 2.64. The number of hydrogen-bond donors (Lipinski definition) is 0. The third kappa shape index (κ3) is 2.36. The number of rotatable bonds is 2. The molecule has 1 aliphatic carbocycles. The molecule has 4 unspecified atom stereocenters. The van der Waals surface area contributed by atoms with E-state index in [9.17, 15) is 13.0 Å². The van der Waals surface area contributed by atoms with Gasteiger partial charge in [-0.1, -0.05) is 36.4 Å². The smallest absolute Gasteiger partial charge is 0.340 e. The first-order chi connectivity index (χ1) is 15.1. The summed E-state index contributed by atoms with van der Waals surface area (Å²) in [6.07, 6.45) is 2.31. The second-order valence-electron chi connectivity index (χ2n) is 8.20. The Balaban J connectivity index is 1.39. The molecule has 152 valence electrons. The maximum absolute atomic E-state index is 14.8. The van der Waals surface area contributed by atoms with E-state index in [4.69, 9.17) is 13.6 Å². The van der Waals surface area contributed by atoms with Gasteiger partial charge in [0.05, 0.1) is 30.6 Å². The van der Waals surface area contributed by atoms with E-state index in [1.54, 1.807) is 0 Å². The molecule has 2 bridgehead atoms. The molecule has 1 saturated heterocycles. The highest BCUT2D eigenvalue weighted by atomic mass is 29.2. The van der Waals surface area contributed by atoms with Crippen molar-refractivity contribution in [3.05, 3.63) is 82.6 Å². The van der Waals surface area contributed by atoms with Crippen molar-refractivity contribution in [3.63, 3.8) is 0 Å². The van der Waals surface area contributed by atoms with E-state index in [2.05, 4.69) is 0 Å². The third-order valence-electron chi connectivity index (χ3n) is 6.78. The molecular formula is C21H14F2O4Si4. The summed E-state index contributed by atoms with van der Waals surface area (Å²) >= 11 is 0. The molecule has 0 saturated carbocycles. The van der Waals surface area contributed by atoms with Crippen molar-refractivity contribution in [1.29, 1.82) is 0 Å². The van der Waals surface area contributed by atoms with Crippen LogP contribution in [0.4, 0.5) is 8.22 Å². The minimum Gasteiger partial charge on any atom is -0.543 e. The topological polar surface area (TPSA) is 44.8 Å². The molecule has 10 heteroatoms. The minimum atomic E-state index is -2.30. The second kappa shape index (κ2) is 6.45. The first-order valence-corrected chi connectivity index (χ1v) is 17.8. The standard InChI is InChI=1S/C21H14F2O4Si4/c22-28-7-5-25-30(28)15-9-13-14(10-16(15)31-26-6-8-29(31)23)21-18-17(20(13)27-21)11-3-1-2-4-12(11)19(18)24/h1-10,17-18,20-21H. The molecule has 4 aliphatic heterocycles. The molecule has 0 spiro atoms. The maximum Gasteiger partial charge on any atom is 0.340 e. The summed E-state index contributed by atoms with van der Waals surface area (Å²) in [5.74, 6) is -0.145. The minimum absolute atomic E-state index is 0.0194. The number of hydrogen-bond acceptors (Lipinski definition) is 4. The van der Waals surface area contributed by atoms with Gasteiger partial charge < -0.3 is 21.8 Å². The lowest BCUT2D eigenvalue weighted by molar-refractivity contribution is 0.0526. The molecule has 0 aromatic heterocycles. The van der Waals surface area contributed by atoms with Gasteiger partial charge in [-0.3, -0.25) is 4.79 Å². The molecule has 4 radical (unpaired) electrons. The van der Waals surface area contributed by atoms with Crippen LogP contribution in [0.25, 0.3) is 0 Å². The monoisotopic (exact) mass is 480 g/mol. The highest BCUT2D eigenvalue weighted by Gasteiger charge is 2.60. The Morgan fingerprint density at radius 3 is 1.94 bits per heavy atom. The molecule has 4 atom stereocenters. The molecule has 31 heavy (non-hydrogen) atoms. The number of fused-ring (bicyclic) bond motifs is 10. The van der Waals surface area contributed by atoms with Gasteiger partial charge in [0.2, 0.25) is 0 Å². The number of Topliss-reactive ketones (excluding diaryl/α,β-unsaturated/α-hetero) is 1. The first-order valence-electron chi connectivity index (χ1n) is 10.1. The van der Waals surface area contributed by atoms with Crippen molar-refractivity contribution in [2.45, 2.75) is 18.1 Å². The zero-order chi connectivity index (χ0) is 20.9. The lowest BCUT2D eigenvalue weighted by Gasteiger charge is -2.26. The van der Waals surface area contributed by atoms with Gasteiger partial charge in [0.1, 0.15) is 0 Å². The fourth-order valence-corrected chi connectivity index (χ4v) is 15.7. The Hall–Kier alpha value is -2.12. The van der Waals surface area contributed by atoms with Crippen LogP contribution in [0.1, 0.15) is 45.2 Å². The lowest BCUT2D eigenvalue weighted by atomic mass is 9.76. The fraction of sp³-hybridized carbons (Fsp3) is 0.190. The van der Waals surface area contributed by atoms with Gasteiger partial charge in [0.15, 0.2) is 5.78 Å². The molecule has 2 aromatic rings. The SMILES string of the molecule is O=C1c2ccccc2C2C3OC(c4cc([Si]5OC=C[Si]5F)c([Si]5OC=C[Si]5F)cc43)C12. The van der Waals surface area contributed by atoms with Crippen LogP contribution in [0.3, 0.4) is 0 Å². The quantitative estimate of drug-likeness (QED) is 0.488. The van der Waals surface area contributed by atoms with Crippen LogP contribution in [-0.2, 0) is 13.6 Å². The predicted molar refractivity (Wildman–Crippen MR) is 115 cm³/mol. The molecule has 4 heterocycles. The van der Waals surface area contributed by atoms with Gasteiger partial charge in [0, 0.05) is 11.5 Å². The first kappa shape index (κ1) is 18.4. The van der Waals surface area contributed by atoms with Crippen LogP contribution >= 0.6 is 0 Å². The number of carbonyl (C=O) groups is 1. The Kier molecular flexibility index (Phi) is 3.84. The summed E-state index contributed by atoms with van der Waals surface area (Å²) < 4.78 is 47.3. The van der Waals surface area contributed by atoms with E-state index >= 15 is 0 Å². The summed E-state index contributed by atoms with van der Waals surface area (Å²) in [6, 6.07) is 11.7. The van der Waals surface area contributed by atoms with Crippen molar-refractivity contribution in [2.24, 2.45) is 5.92 Å². The summed E-state index contributed by atoms with van der Waals surface area (Å²) in [5, 5.41) is 1.55. The summed E-state index contributed by atoms with van der Waals surface area (Å²) in [4.78, 5) is 13.2. The fourth-order valence-electron chi connectivity index (χ4n) is 5.56. The zero-order valence-corrected chi connectivity index (χ0v) is 20.0. The van der Waals surface area contributed by atoms with Gasteiger partial charge in [-0.2, -0.15) is 0 Å². The number of carbonyl (C=O) groups excluding carboxylic acids is 1. The Bertz CT molecular complexity index is 1200. The van der Waals surface area contributed by atoms with E-state index in [-0.39, 0.29) is 29.8 Å². The predicted octanol–water partition coefficient (Wildman–Crippen LogP) is 2.05. The van der Waals surface area contributed by atoms with E-state index < -0.39 is 34.4 Å². The molecule has 5 aliphatic rings. The van der Waals surface area contributed by atoms with Gasteiger partial charge in [-0.25, -0.2) is 0 Å². The Labute approximate surface area is 183 Å². The van der Waals surface area contributed by atoms with E-state index in [0.717, 1.165) is 32.6 Å². The van der Waals surface area contributed by atoms with Crippen molar-refractivity contribution in [1.82, 2.24) is 0 Å². The molecule has 1 fully saturated rings. The zero-order valence-electron chi connectivity index (χ0n) is 16.0. The van der Waals surface area contributed by atoms with Crippen LogP contribution in [-0.4, -0.2) is 40.2 Å². The molecule has 7 rings (SSSR count). The van der Waals surface area contributed by atoms with E-state index in [1.165, 1.54) is 23.9 Å². The average Bonchev–Trinajstić information content (AvgIpc) is 3.57. The Morgan fingerprint density at radius 2 is 1.35 bits per heavy atom. The van der Waals surface area contributed by atoms with E-state index in [1.807, 2.05) is 36.4 Å². The normalized spacial score (nSPS) is 31.2. The van der Waals surface area contributed by atoms with Crippen molar-refractivity contribution in [3.8, 4) is 0 Å². The van der Waals surface area contributed by atoms with Crippen LogP contribution in [0.2, 0.25) is 0 Å². The summed E-state index contributed by atoms with van der Waals surface area (Å²) in [7, 11) is -8.43. The van der Waals surface area contributed by atoms with Crippen molar-refractivity contribution >= 4 is 50.6 Å². The summed E-state index contributed by atoms with van der Waals surface area (Å²) in [6.45, 7) is 0. The molecule has 2 aromatic carbocycles. The average molecular weight is 481 g/mol. The lowest BCUT2D eigenvalue weighted by Crippen LogP contribution is -2.57. The van der Waals surface area contributed by atoms with Crippen molar-refractivity contribution in [2.75, 3.05) is 0 Å². The Morgan fingerprint density at radius 1 is 0.774 bits per heavy atom. The van der Waals surface area contributed by atoms with Gasteiger partial charge in [0.25, 0.3) is 0 Å². The van der Waals surface area contributed by atoms with Crippen LogP contribution in [0.5, 0.6) is 0 Å². The molecular weight excluding hydrogens is 467 g/mol. The number of ether oxygens (including phenoxy) is 1. The summed E-state index contributed by atoms with van der Waals surface area (Å²) in [5.41, 5.74) is 6.78. The maximum atomic E-state index is 14.8. The number of halogens is 2. The third-order valence-corrected chi connectivity index (χ3v) is 17.2. The van der Waals surface area contributed by atoms with Crippen LogP contribution in [0, 0.1) is 5.92 Å². The van der Waals surface area contributed by atoms with Gasteiger partial charge in [-0.05, 0) is 38.5 Å². The van der Waals surface area contributed by atoms with Crippen LogP contribution < -0.4 is 10.4 Å². The number of benzene rings is 2. The highest BCUT2D eigenvalue weighted by molar-refractivity contribution is 7.30. The second-order valence-corrected chi connectivity index (χ2v) is 18.7. The van der Waals surface area contributed by atoms with Gasteiger partial charge >= 0.3 is 34.4 Å².